The van der Waals surface area contributed by atoms with Gasteiger partial charge >= 0.3 is 5.97 Å². The van der Waals surface area contributed by atoms with Crippen LogP contribution in [-0.4, -0.2) is 26.5 Å². The SMILES string of the molecule is O=C(Oc1cccc(/C=N/NC(=O)c2ccccc2NS(=O)(=O)c2ccc(Cl)cc2)c1)c1ccc(Cl)cc1. The molecule has 0 unspecified atom stereocenters. The minimum atomic E-state index is -3.96. The highest BCUT2D eigenvalue weighted by molar-refractivity contribution is 7.92. The van der Waals surface area contributed by atoms with Gasteiger partial charge in [0.25, 0.3) is 15.9 Å². The van der Waals surface area contributed by atoms with Crippen LogP contribution in [-0.2, 0) is 10.0 Å². The van der Waals surface area contributed by atoms with E-state index in [-0.39, 0.29) is 21.9 Å². The summed E-state index contributed by atoms with van der Waals surface area (Å²) >= 11 is 11.7. The summed E-state index contributed by atoms with van der Waals surface area (Å²) in [5, 5.41) is 4.84. The molecular weight excluding hydrogens is 549 g/mol. The molecule has 4 rings (SSSR count). The van der Waals surface area contributed by atoms with Gasteiger partial charge in [0.05, 0.1) is 27.9 Å². The van der Waals surface area contributed by atoms with Crippen molar-refractivity contribution in [2.75, 3.05) is 4.72 Å². The van der Waals surface area contributed by atoms with Gasteiger partial charge in [-0.1, -0.05) is 47.5 Å². The first kappa shape index (κ1) is 26.9. The highest BCUT2D eigenvalue weighted by Crippen LogP contribution is 2.22. The van der Waals surface area contributed by atoms with E-state index in [2.05, 4.69) is 15.2 Å². The van der Waals surface area contributed by atoms with Crippen molar-refractivity contribution in [3.8, 4) is 5.75 Å². The Morgan fingerprint density at radius 1 is 0.816 bits per heavy atom. The molecular formula is C27H19Cl2N3O5S. The summed E-state index contributed by atoms with van der Waals surface area (Å²) in [7, 11) is -3.96. The van der Waals surface area contributed by atoms with Crippen LogP contribution in [0.3, 0.4) is 0 Å². The number of halogens is 2. The Morgan fingerprint density at radius 2 is 1.47 bits per heavy atom. The maximum absolute atomic E-state index is 12.8. The van der Waals surface area contributed by atoms with Gasteiger partial charge in [-0.05, 0) is 78.4 Å². The van der Waals surface area contributed by atoms with Crippen molar-refractivity contribution < 1.29 is 22.7 Å². The first-order chi connectivity index (χ1) is 18.2. The summed E-state index contributed by atoms with van der Waals surface area (Å²) in [6.07, 6.45) is 1.36. The fourth-order valence-corrected chi connectivity index (χ4v) is 4.56. The molecule has 2 N–H and O–H groups in total. The predicted molar refractivity (Wildman–Crippen MR) is 147 cm³/mol. The Hall–Kier alpha value is -4.18. The van der Waals surface area contributed by atoms with Gasteiger partial charge in [0.15, 0.2) is 0 Å². The molecule has 0 aliphatic carbocycles. The van der Waals surface area contributed by atoms with Gasteiger partial charge in [0, 0.05) is 10.0 Å². The Labute approximate surface area is 228 Å². The van der Waals surface area contributed by atoms with Gasteiger partial charge < -0.3 is 4.74 Å². The smallest absolute Gasteiger partial charge is 0.343 e. The molecule has 1 amide bonds. The Kier molecular flexibility index (Phi) is 8.42. The number of rotatable bonds is 8. The molecule has 0 bridgehead atoms. The molecule has 0 radical (unpaired) electrons. The number of hydrogen-bond acceptors (Lipinski definition) is 6. The predicted octanol–water partition coefficient (Wildman–Crippen LogP) is 5.78. The van der Waals surface area contributed by atoms with Crippen molar-refractivity contribution in [1.29, 1.82) is 0 Å². The monoisotopic (exact) mass is 567 g/mol. The Balaban J connectivity index is 1.42. The van der Waals surface area contributed by atoms with Crippen LogP contribution >= 0.6 is 23.2 Å². The van der Waals surface area contributed by atoms with E-state index < -0.39 is 21.9 Å². The third kappa shape index (κ3) is 6.98. The molecule has 0 aromatic heterocycles. The first-order valence-electron chi connectivity index (χ1n) is 11.0. The average Bonchev–Trinajstić information content (AvgIpc) is 2.89. The molecule has 0 saturated carbocycles. The molecule has 0 heterocycles. The molecule has 0 atom stereocenters. The molecule has 0 saturated heterocycles. The van der Waals surface area contributed by atoms with Gasteiger partial charge in [-0.2, -0.15) is 5.10 Å². The van der Waals surface area contributed by atoms with Crippen LogP contribution in [0.4, 0.5) is 5.69 Å². The van der Waals surface area contributed by atoms with Crippen molar-refractivity contribution in [2.45, 2.75) is 4.90 Å². The van der Waals surface area contributed by atoms with Gasteiger partial charge in [0.2, 0.25) is 0 Å². The minimum absolute atomic E-state index is 0.00761. The van der Waals surface area contributed by atoms with Gasteiger partial charge in [0.1, 0.15) is 5.75 Å². The number of ether oxygens (including phenoxy) is 1. The van der Waals surface area contributed by atoms with Crippen LogP contribution in [0.25, 0.3) is 0 Å². The van der Waals surface area contributed by atoms with Crippen molar-refractivity contribution >= 4 is 57.0 Å². The third-order valence-electron chi connectivity index (χ3n) is 5.07. The van der Waals surface area contributed by atoms with E-state index in [4.69, 9.17) is 27.9 Å². The highest BCUT2D eigenvalue weighted by atomic mass is 35.5. The topological polar surface area (TPSA) is 114 Å². The molecule has 4 aromatic carbocycles. The van der Waals surface area contributed by atoms with Crippen LogP contribution in [0.5, 0.6) is 5.75 Å². The molecule has 0 spiro atoms. The number of hydrazone groups is 1. The average molecular weight is 568 g/mol. The fraction of sp³-hybridized carbons (Fsp3) is 0. The van der Waals surface area contributed by atoms with E-state index in [0.29, 0.717) is 21.2 Å². The number of sulfonamides is 1. The number of nitrogens with one attached hydrogen (secondary N) is 2. The highest BCUT2D eigenvalue weighted by Gasteiger charge is 2.18. The Morgan fingerprint density at radius 3 is 2.18 bits per heavy atom. The largest absolute Gasteiger partial charge is 0.423 e. The van der Waals surface area contributed by atoms with Crippen LogP contribution in [0.2, 0.25) is 10.0 Å². The second-order valence-electron chi connectivity index (χ2n) is 7.77. The minimum Gasteiger partial charge on any atom is -0.423 e. The van der Waals surface area contributed by atoms with Crippen molar-refractivity contribution in [2.24, 2.45) is 5.10 Å². The van der Waals surface area contributed by atoms with Crippen LogP contribution < -0.4 is 14.9 Å². The maximum Gasteiger partial charge on any atom is 0.343 e. The van der Waals surface area contributed by atoms with E-state index >= 15 is 0 Å². The Bertz CT molecular complexity index is 1610. The van der Waals surface area contributed by atoms with Gasteiger partial charge in [-0.25, -0.2) is 18.6 Å². The number of para-hydroxylation sites is 1. The lowest BCUT2D eigenvalue weighted by Gasteiger charge is -2.11. The van der Waals surface area contributed by atoms with Crippen molar-refractivity contribution in [1.82, 2.24) is 5.43 Å². The molecule has 0 aliphatic heterocycles. The van der Waals surface area contributed by atoms with Crippen LogP contribution in [0.1, 0.15) is 26.3 Å². The van der Waals surface area contributed by atoms with E-state index in [1.165, 1.54) is 42.6 Å². The number of hydrogen-bond donors (Lipinski definition) is 2. The van der Waals surface area contributed by atoms with E-state index in [9.17, 15) is 18.0 Å². The standard InChI is InChI=1S/C27H19Cl2N3O5S/c28-20-10-8-19(9-11-20)27(34)37-22-5-3-4-18(16-22)17-30-31-26(33)24-6-1-2-7-25(24)32-38(35,36)23-14-12-21(29)13-15-23/h1-17,32H,(H,31,33)/b30-17+. The normalized spacial score (nSPS) is 11.2. The number of carbonyl (C=O) groups excluding carboxylic acids is 2. The van der Waals surface area contributed by atoms with Crippen LogP contribution in [0.15, 0.2) is 107 Å². The summed E-state index contributed by atoms with van der Waals surface area (Å²) in [6.45, 7) is 0. The van der Waals surface area contributed by atoms with Crippen molar-refractivity contribution in [3.05, 3.63) is 124 Å². The lowest BCUT2D eigenvalue weighted by atomic mass is 10.2. The summed E-state index contributed by atoms with van der Waals surface area (Å²) in [5.41, 5.74) is 3.39. The maximum atomic E-state index is 12.8. The zero-order valence-corrected chi connectivity index (χ0v) is 21.8. The number of esters is 1. The van der Waals surface area contributed by atoms with Crippen molar-refractivity contribution in [3.63, 3.8) is 0 Å². The van der Waals surface area contributed by atoms with Gasteiger partial charge in [-0.3, -0.25) is 9.52 Å². The molecule has 8 nitrogen and oxygen atoms in total. The molecule has 0 fully saturated rings. The summed E-state index contributed by atoms with van der Waals surface area (Å²) in [6, 6.07) is 24.6. The first-order valence-corrected chi connectivity index (χ1v) is 13.2. The second kappa shape index (κ2) is 11.9. The quantitative estimate of drug-likeness (QED) is 0.121. The lowest BCUT2D eigenvalue weighted by Crippen LogP contribution is -2.21. The molecule has 0 aliphatic rings. The van der Waals surface area contributed by atoms with Crippen LogP contribution in [0, 0.1) is 0 Å². The van der Waals surface area contributed by atoms with E-state index in [1.807, 2.05) is 0 Å². The molecule has 11 heteroatoms. The van der Waals surface area contributed by atoms with Gasteiger partial charge in [-0.15, -0.1) is 0 Å². The summed E-state index contributed by atoms with van der Waals surface area (Å²) in [5.74, 6) is -0.912. The number of carbonyl (C=O) groups is 2. The fourth-order valence-electron chi connectivity index (χ4n) is 3.22. The third-order valence-corrected chi connectivity index (χ3v) is 6.95. The lowest BCUT2D eigenvalue weighted by molar-refractivity contribution is 0.0734. The summed E-state index contributed by atoms with van der Waals surface area (Å²) in [4.78, 5) is 25.1. The molecule has 38 heavy (non-hydrogen) atoms. The zero-order chi connectivity index (χ0) is 27.1. The summed E-state index contributed by atoms with van der Waals surface area (Å²) < 4.78 is 33.3. The number of anilines is 1. The second-order valence-corrected chi connectivity index (χ2v) is 10.3. The zero-order valence-electron chi connectivity index (χ0n) is 19.5. The number of nitrogens with zero attached hydrogens (tertiary/aromatic N) is 1. The molecule has 192 valence electrons. The van der Waals surface area contributed by atoms with E-state index in [1.54, 1.807) is 60.7 Å². The molecule has 4 aromatic rings. The number of amides is 1. The number of benzene rings is 4. The van der Waals surface area contributed by atoms with E-state index in [0.717, 1.165) is 0 Å².